The van der Waals surface area contributed by atoms with Gasteiger partial charge in [0.1, 0.15) is 0 Å². The Morgan fingerprint density at radius 3 is 2.44 bits per heavy atom. The molecule has 0 amide bonds. The molecule has 0 bridgehead atoms. The number of carboxylic acids is 1. The first kappa shape index (κ1) is 12.6. The van der Waals surface area contributed by atoms with Gasteiger partial charge < -0.3 is 5.11 Å². The molecule has 2 rings (SSSR count). The molecule has 1 N–H and O–H groups in total. The molecule has 4 nitrogen and oxygen atoms in total. The van der Waals surface area contributed by atoms with Crippen molar-refractivity contribution in [2.24, 2.45) is 5.92 Å². The van der Waals surface area contributed by atoms with Gasteiger partial charge in [-0.1, -0.05) is 12.1 Å². The van der Waals surface area contributed by atoms with Crippen molar-refractivity contribution in [1.82, 2.24) is 4.90 Å². The molecule has 0 aromatic heterocycles. The summed E-state index contributed by atoms with van der Waals surface area (Å²) in [6.45, 7) is 2.49. The van der Waals surface area contributed by atoms with Crippen LogP contribution in [0.5, 0.6) is 0 Å². The molecule has 0 unspecified atom stereocenters. The highest BCUT2D eigenvalue weighted by Crippen LogP contribution is 2.19. The molecule has 1 saturated heterocycles. The third-order valence-corrected chi connectivity index (χ3v) is 3.43. The van der Waals surface area contributed by atoms with E-state index in [1.54, 1.807) is 0 Å². The van der Waals surface area contributed by atoms with Gasteiger partial charge in [-0.25, -0.2) is 0 Å². The van der Waals surface area contributed by atoms with Crippen molar-refractivity contribution >= 4 is 5.97 Å². The van der Waals surface area contributed by atoms with E-state index >= 15 is 0 Å². The molecular weight excluding hydrogens is 228 g/mol. The van der Waals surface area contributed by atoms with Crippen LogP contribution in [0, 0.1) is 17.2 Å². The Bertz CT molecular complexity index is 454. The van der Waals surface area contributed by atoms with Crippen molar-refractivity contribution in [2.45, 2.75) is 19.4 Å². The number of hydrogen-bond donors (Lipinski definition) is 1. The second kappa shape index (κ2) is 5.65. The first-order valence-electron chi connectivity index (χ1n) is 6.13. The highest BCUT2D eigenvalue weighted by atomic mass is 16.4. The van der Waals surface area contributed by atoms with Crippen molar-refractivity contribution in [3.05, 3.63) is 35.4 Å². The topological polar surface area (TPSA) is 64.3 Å². The maximum absolute atomic E-state index is 10.8. The van der Waals surface area contributed by atoms with E-state index < -0.39 is 5.97 Å². The molecule has 4 heteroatoms. The molecule has 1 aromatic carbocycles. The van der Waals surface area contributed by atoms with E-state index in [9.17, 15) is 4.79 Å². The average molecular weight is 244 g/mol. The van der Waals surface area contributed by atoms with E-state index in [1.165, 1.54) is 5.56 Å². The Balaban J connectivity index is 1.87. The molecule has 1 aromatic rings. The molecule has 0 saturated carbocycles. The van der Waals surface area contributed by atoms with Crippen LogP contribution in [0.25, 0.3) is 0 Å². The van der Waals surface area contributed by atoms with Crippen LogP contribution in [0.4, 0.5) is 0 Å². The maximum Gasteiger partial charge on any atom is 0.306 e. The lowest BCUT2D eigenvalue weighted by molar-refractivity contribution is -0.143. The fraction of sp³-hybridized carbons (Fsp3) is 0.429. The molecule has 0 radical (unpaired) electrons. The van der Waals surface area contributed by atoms with E-state index in [2.05, 4.69) is 11.0 Å². The number of likely N-dealkylation sites (tertiary alicyclic amines) is 1. The summed E-state index contributed by atoms with van der Waals surface area (Å²) in [4.78, 5) is 13.1. The quantitative estimate of drug-likeness (QED) is 0.881. The van der Waals surface area contributed by atoms with Crippen LogP contribution < -0.4 is 0 Å². The van der Waals surface area contributed by atoms with Gasteiger partial charge in [0.25, 0.3) is 0 Å². The van der Waals surface area contributed by atoms with Crippen LogP contribution in [0.15, 0.2) is 24.3 Å². The molecule has 0 spiro atoms. The van der Waals surface area contributed by atoms with Crippen LogP contribution in [-0.2, 0) is 11.3 Å². The number of hydrogen-bond acceptors (Lipinski definition) is 3. The monoisotopic (exact) mass is 244 g/mol. The van der Waals surface area contributed by atoms with Crippen molar-refractivity contribution in [2.75, 3.05) is 13.1 Å². The number of benzene rings is 1. The number of carboxylic acid groups (broad SMARTS) is 1. The third kappa shape index (κ3) is 3.08. The molecular formula is C14H16N2O2. The van der Waals surface area contributed by atoms with Crippen molar-refractivity contribution in [3.63, 3.8) is 0 Å². The minimum absolute atomic E-state index is 0.179. The number of rotatable bonds is 3. The summed E-state index contributed by atoms with van der Waals surface area (Å²) in [5.41, 5.74) is 1.84. The molecule has 1 heterocycles. The number of carbonyl (C=O) groups is 1. The first-order chi connectivity index (χ1) is 8.69. The normalized spacial score (nSPS) is 17.3. The van der Waals surface area contributed by atoms with E-state index in [4.69, 9.17) is 10.4 Å². The lowest BCUT2D eigenvalue weighted by atomic mass is 9.97. The van der Waals surface area contributed by atoms with Gasteiger partial charge in [-0.2, -0.15) is 5.26 Å². The Morgan fingerprint density at radius 2 is 1.94 bits per heavy atom. The predicted octanol–water partition coefficient (Wildman–Crippen LogP) is 1.85. The molecule has 18 heavy (non-hydrogen) atoms. The van der Waals surface area contributed by atoms with Gasteiger partial charge in [0.2, 0.25) is 0 Å². The predicted molar refractivity (Wildman–Crippen MR) is 66.8 cm³/mol. The third-order valence-electron chi connectivity index (χ3n) is 3.43. The highest BCUT2D eigenvalue weighted by Gasteiger charge is 2.24. The number of aliphatic carboxylic acids is 1. The minimum atomic E-state index is -0.673. The summed E-state index contributed by atoms with van der Waals surface area (Å²) in [6, 6.07) is 9.66. The maximum atomic E-state index is 10.8. The number of nitrogens with zero attached hydrogens (tertiary/aromatic N) is 2. The Morgan fingerprint density at radius 1 is 1.33 bits per heavy atom. The Kier molecular flexibility index (Phi) is 3.96. The molecule has 1 fully saturated rings. The van der Waals surface area contributed by atoms with Crippen molar-refractivity contribution < 1.29 is 9.90 Å². The summed E-state index contributed by atoms with van der Waals surface area (Å²) >= 11 is 0. The van der Waals surface area contributed by atoms with Crippen LogP contribution in [0.3, 0.4) is 0 Å². The van der Waals surface area contributed by atoms with E-state index in [0.717, 1.165) is 32.5 Å². The van der Waals surface area contributed by atoms with Gasteiger partial charge >= 0.3 is 5.97 Å². The van der Waals surface area contributed by atoms with Gasteiger partial charge in [0.05, 0.1) is 17.6 Å². The van der Waals surface area contributed by atoms with Gasteiger partial charge in [-0.3, -0.25) is 9.69 Å². The zero-order chi connectivity index (χ0) is 13.0. The van der Waals surface area contributed by atoms with Gasteiger partial charge in [-0.05, 0) is 43.6 Å². The zero-order valence-corrected chi connectivity index (χ0v) is 10.2. The number of piperidine rings is 1. The molecule has 1 aliphatic rings. The second-order valence-electron chi connectivity index (χ2n) is 4.70. The molecule has 1 aliphatic heterocycles. The van der Waals surface area contributed by atoms with Crippen molar-refractivity contribution in [1.29, 1.82) is 5.26 Å². The lowest BCUT2D eigenvalue weighted by Gasteiger charge is -2.29. The van der Waals surface area contributed by atoms with Crippen LogP contribution in [0.2, 0.25) is 0 Å². The fourth-order valence-electron chi connectivity index (χ4n) is 2.28. The van der Waals surface area contributed by atoms with Gasteiger partial charge in [0.15, 0.2) is 0 Å². The SMILES string of the molecule is N#Cc1ccc(CN2CCC(C(=O)O)CC2)cc1. The van der Waals surface area contributed by atoms with Crippen molar-refractivity contribution in [3.8, 4) is 6.07 Å². The van der Waals surface area contributed by atoms with E-state index in [-0.39, 0.29) is 5.92 Å². The Labute approximate surface area is 106 Å². The van der Waals surface area contributed by atoms with Crippen LogP contribution in [0.1, 0.15) is 24.0 Å². The van der Waals surface area contributed by atoms with Crippen LogP contribution in [-0.4, -0.2) is 29.1 Å². The average Bonchev–Trinajstić information content (AvgIpc) is 2.40. The molecule has 0 atom stereocenters. The van der Waals surface area contributed by atoms with Crippen LogP contribution >= 0.6 is 0 Å². The summed E-state index contributed by atoms with van der Waals surface area (Å²) in [6.07, 6.45) is 1.46. The second-order valence-corrected chi connectivity index (χ2v) is 4.70. The fourth-order valence-corrected chi connectivity index (χ4v) is 2.28. The van der Waals surface area contributed by atoms with Gasteiger partial charge in [-0.15, -0.1) is 0 Å². The van der Waals surface area contributed by atoms with E-state index in [1.807, 2.05) is 24.3 Å². The summed E-state index contributed by atoms with van der Waals surface area (Å²) < 4.78 is 0. The molecule has 0 aliphatic carbocycles. The standard InChI is InChI=1S/C14H16N2O2/c15-9-11-1-3-12(4-2-11)10-16-7-5-13(6-8-16)14(17)18/h1-4,13H,5-8,10H2,(H,17,18). The largest absolute Gasteiger partial charge is 0.481 e. The highest BCUT2D eigenvalue weighted by molar-refractivity contribution is 5.70. The van der Waals surface area contributed by atoms with E-state index in [0.29, 0.717) is 5.56 Å². The zero-order valence-electron chi connectivity index (χ0n) is 10.2. The Hall–Kier alpha value is -1.86. The summed E-state index contributed by atoms with van der Waals surface area (Å²) in [7, 11) is 0. The molecule has 94 valence electrons. The number of nitriles is 1. The summed E-state index contributed by atoms with van der Waals surface area (Å²) in [5.74, 6) is -0.852. The minimum Gasteiger partial charge on any atom is -0.481 e. The van der Waals surface area contributed by atoms with Gasteiger partial charge in [0, 0.05) is 6.54 Å². The smallest absolute Gasteiger partial charge is 0.306 e. The summed E-state index contributed by atoms with van der Waals surface area (Å²) in [5, 5.41) is 17.6. The first-order valence-corrected chi connectivity index (χ1v) is 6.13. The lowest BCUT2D eigenvalue weighted by Crippen LogP contribution is -2.35.